The highest BCUT2D eigenvalue weighted by molar-refractivity contribution is 5.27. The molecule has 0 aliphatic heterocycles. The van der Waals surface area contributed by atoms with Crippen molar-refractivity contribution in [3.63, 3.8) is 0 Å². The Labute approximate surface area is 94.9 Å². The SMILES string of the molecule is CCCCCC[N+](=C=N)CCCCCC. The minimum atomic E-state index is 1.02. The topological polar surface area (TPSA) is 26.9 Å². The molecule has 0 bridgehead atoms. The maximum absolute atomic E-state index is 7.20. The molecular weight excluding hydrogens is 184 g/mol. The molecule has 2 nitrogen and oxygen atoms in total. The number of rotatable bonds is 10. The molecule has 0 aliphatic rings. The lowest BCUT2D eigenvalue weighted by molar-refractivity contribution is -0.523. The van der Waals surface area contributed by atoms with Gasteiger partial charge in [-0.2, -0.15) is 0 Å². The number of nitrogens with zero attached hydrogens (tertiary/aromatic N) is 1. The average Bonchev–Trinajstić information content (AvgIpc) is 2.27. The highest BCUT2D eigenvalue weighted by Gasteiger charge is 1.99. The van der Waals surface area contributed by atoms with Gasteiger partial charge >= 0.3 is 6.01 Å². The lowest BCUT2D eigenvalue weighted by Gasteiger charge is -2.03. The van der Waals surface area contributed by atoms with Gasteiger partial charge in [-0.3, -0.25) is 0 Å². The Kier molecular flexibility index (Phi) is 11.0. The van der Waals surface area contributed by atoms with Gasteiger partial charge in [0.25, 0.3) is 0 Å². The number of hydrogen-bond acceptors (Lipinski definition) is 1. The molecule has 0 fully saturated rings. The van der Waals surface area contributed by atoms with Crippen LogP contribution < -0.4 is 0 Å². The normalized spacial score (nSPS) is 10.0. The molecule has 0 aromatic rings. The minimum Gasteiger partial charge on any atom is -0.220 e. The van der Waals surface area contributed by atoms with E-state index >= 15 is 0 Å². The summed E-state index contributed by atoms with van der Waals surface area (Å²) in [4.78, 5) is 0. The zero-order valence-corrected chi connectivity index (χ0v) is 10.5. The minimum absolute atomic E-state index is 1.02. The van der Waals surface area contributed by atoms with Crippen molar-refractivity contribution in [2.75, 3.05) is 13.1 Å². The highest BCUT2D eigenvalue weighted by Crippen LogP contribution is 2.01. The van der Waals surface area contributed by atoms with E-state index in [1.165, 1.54) is 51.4 Å². The van der Waals surface area contributed by atoms with Crippen molar-refractivity contribution in [2.24, 2.45) is 0 Å². The standard InChI is InChI=1S/C13H27N2/c1-3-5-7-9-11-15(13-14)12-10-8-6-4-2/h14H,3-12H2,1-2H3/q+1. The summed E-state index contributed by atoms with van der Waals surface area (Å²) in [5.74, 6) is 0. The van der Waals surface area contributed by atoms with E-state index in [1.54, 1.807) is 0 Å². The first-order valence-electron chi connectivity index (χ1n) is 6.52. The molecule has 0 saturated carbocycles. The van der Waals surface area contributed by atoms with Crippen LogP contribution in [-0.2, 0) is 0 Å². The van der Waals surface area contributed by atoms with Crippen molar-refractivity contribution in [1.29, 1.82) is 5.41 Å². The zero-order chi connectivity index (χ0) is 11.4. The van der Waals surface area contributed by atoms with Crippen molar-refractivity contribution in [1.82, 2.24) is 0 Å². The molecule has 2 heteroatoms. The fourth-order valence-corrected chi connectivity index (χ4v) is 1.68. The lowest BCUT2D eigenvalue weighted by atomic mass is 10.2. The molecular formula is C13H27N2+. The molecule has 0 heterocycles. The fourth-order valence-electron chi connectivity index (χ4n) is 1.68. The van der Waals surface area contributed by atoms with Crippen molar-refractivity contribution in [3.8, 4) is 0 Å². The van der Waals surface area contributed by atoms with Gasteiger partial charge in [0, 0.05) is 0 Å². The third-order valence-electron chi connectivity index (χ3n) is 2.72. The molecule has 15 heavy (non-hydrogen) atoms. The smallest absolute Gasteiger partial charge is 0.220 e. The average molecular weight is 211 g/mol. The second kappa shape index (κ2) is 11.5. The Morgan fingerprint density at radius 3 is 1.60 bits per heavy atom. The van der Waals surface area contributed by atoms with Crippen molar-refractivity contribution in [3.05, 3.63) is 0 Å². The van der Waals surface area contributed by atoms with Gasteiger partial charge in [-0.1, -0.05) is 44.9 Å². The van der Waals surface area contributed by atoms with Gasteiger partial charge in [-0.15, -0.1) is 0 Å². The van der Waals surface area contributed by atoms with E-state index in [1.807, 2.05) is 4.58 Å². The third-order valence-corrected chi connectivity index (χ3v) is 2.72. The van der Waals surface area contributed by atoms with Crippen LogP contribution >= 0.6 is 0 Å². The third kappa shape index (κ3) is 9.68. The van der Waals surface area contributed by atoms with Crippen molar-refractivity contribution >= 4 is 6.01 Å². The first kappa shape index (κ1) is 14.4. The summed E-state index contributed by atoms with van der Waals surface area (Å²) >= 11 is 0. The molecule has 1 N–H and O–H groups in total. The summed E-state index contributed by atoms with van der Waals surface area (Å²) in [5.41, 5.74) is 0. The second-order valence-electron chi connectivity index (χ2n) is 4.22. The first-order chi connectivity index (χ1) is 7.35. The number of unbranched alkanes of at least 4 members (excludes halogenated alkanes) is 6. The molecule has 0 spiro atoms. The summed E-state index contributed by atoms with van der Waals surface area (Å²) in [7, 11) is 0. The summed E-state index contributed by atoms with van der Waals surface area (Å²) < 4.78 is 2.03. The van der Waals surface area contributed by atoms with E-state index < -0.39 is 0 Å². The molecule has 0 radical (unpaired) electrons. The van der Waals surface area contributed by atoms with Crippen LogP contribution in [0.2, 0.25) is 0 Å². The van der Waals surface area contributed by atoms with E-state index in [2.05, 4.69) is 19.9 Å². The Morgan fingerprint density at radius 2 is 1.27 bits per heavy atom. The fraction of sp³-hybridized carbons (Fsp3) is 0.923. The second-order valence-corrected chi connectivity index (χ2v) is 4.22. The Bertz CT molecular complexity index is 167. The van der Waals surface area contributed by atoms with E-state index in [0.717, 1.165) is 13.1 Å². The summed E-state index contributed by atoms with van der Waals surface area (Å²) in [5, 5.41) is 7.20. The van der Waals surface area contributed by atoms with E-state index in [9.17, 15) is 0 Å². The molecule has 0 rings (SSSR count). The summed E-state index contributed by atoms with van der Waals surface area (Å²) in [6, 6.07) is 2.54. The van der Waals surface area contributed by atoms with Gasteiger partial charge in [0.05, 0.1) is 13.1 Å². The van der Waals surface area contributed by atoms with Gasteiger partial charge in [-0.25, -0.2) is 4.58 Å². The lowest BCUT2D eigenvalue weighted by Crippen LogP contribution is -2.14. The molecule has 0 aliphatic carbocycles. The molecule has 0 aromatic carbocycles. The van der Waals surface area contributed by atoms with Crippen LogP contribution in [0.1, 0.15) is 65.2 Å². The van der Waals surface area contributed by atoms with E-state index in [-0.39, 0.29) is 0 Å². The molecule has 0 aromatic heterocycles. The predicted molar refractivity (Wildman–Crippen MR) is 66.0 cm³/mol. The Hall–Kier alpha value is -0.620. The van der Waals surface area contributed by atoms with E-state index in [0.29, 0.717) is 0 Å². The van der Waals surface area contributed by atoms with Gasteiger partial charge in [0.15, 0.2) is 0 Å². The first-order valence-corrected chi connectivity index (χ1v) is 6.52. The highest BCUT2D eigenvalue weighted by atomic mass is 15.0. The van der Waals surface area contributed by atoms with Gasteiger partial charge < -0.3 is 0 Å². The molecule has 0 amide bonds. The maximum atomic E-state index is 7.20. The molecule has 0 atom stereocenters. The molecule has 88 valence electrons. The van der Waals surface area contributed by atoms with Crippen LogP contribution in [0.4, 0.5) is 0 Å². The van der Waals surface area contributed by atoms with Gasteiger partial charge in [-0.05, 0) is 25.7 Å². The zero-order valence-electron chi connectivity index (χ0n) is 10.5. The van der Waals surface area contributed by atoms with Gasteiger partial charge in [0.1, 0.15) is 0 Å². The van der Waals surface area contributed by atoms with Crippen LogP contribution in [0.3, 0.4) is 0 Å². The van der Waals surface area contributed by atoms with Crippen LogP contribution in [0, 0.1) is 5.41 Å². The molecule has 0 saturated heterocycles. The predicted octanol–water partition coefficient (Wildman–Crippen LogP) is 3.91. The summed E-state index contributed by atoms with van der Waals surface area (Å²) in [6.07, 6.45) is 10.2. The van der Waals surface area contributed by atoms with Crippen molar-refractivity contribution < 1.29 is 4.58 Å². The monoisotopic (exact) mass is 211 g/mol. The largest absolute Gasteiger partial charge is 0.303 e. The quantitative estimate of drug-likeness (QED) is 0.322. The summed E-state index contributed by atoms with van der Waals surface area (Å²) in [6.45, 7) is 6.50. The van der Waals surface area contributed by atoms with Crippen molar-refractivity contribution in [2.45, 2.75) is 65.2 Å². The van der Waals surface area contributed by atoms with Crippen LogP contribution in [-0.4, -0.2) is 23.7 Å². The Balaban J connectivity index is 3.44. The molecule has 0 unspecified atom stereocenters. The Morgan fingerprint density at radius 1 is 0.800 bits per heavy atom. The number of nitrogens with one attached hydrogen (secondary N) is 1. The van der Waals surface area contributed by atoms with Crippen LogP contribution in [0.15, 0.2) is 0 Å². The van der Waals surface area contributed by atoms with Crippen LogP contribution in [0.5, 0.6) is 0 Å². The van der Waals surface area contributed by atoms with Crippen LogP contribution in [0.25, 0.3) is 0 Å². The number of hydrogen-bond donors (Lipinski definition) is 1. The van der Waals surface area contributed by atoms with E-state index in [4.69, 9.17) is 5.41 Å². The van der Waals surface area contributed by atoms with Gasteiger partial charge in [0.2, 0.25) is 0 Å². The maximum Gasteiger partial charge on any atom is 0.303 e.